The number of fused-ring (bicyclic) bond motifs is 1. The monoisotopic (exact) mass is 516 g/mol. The van der Waals surface area contributed by atoms with Crippen molar-refractivity contribution in [3.05, 3.63) is 109 Å². The standard InChI is InChI=1S/C28H25ClN4O4/c29-24-16-19(13-14-26(24)37-18-20-7-6-10-22(15-20)33(35)36)17-30-32-27(21-8-2-1-3-9-21)31-25-12-5-4-11-23(25)28(32)34/h4-7,10-17,21H,1-3,8-9,18H2. The number of aromatic nitrogens is 2. The third kappa shape index (κ3) is 5.54. The van der Waals surface area contributed by atoms with E-state index in [2.05, 4.69) is 5.10 Å². The minimum atomic E-state index is -0.444. The number of hydrogen-bond acceptors (Lipinski definition) is 6. The minimum absolute atomic E-state index is 0.00442. The maximum Gasteiger partial charge on any atom is 0.282 e. The van der Waals surface area contributed by atoms with Gasteiger partial charge in [-0.3, -0.25) is 14.9 Å². The van der Waals surface area contributed by atoms with Gasteiger partial charge in [0.15, 0.2) is 0 Å². The molecular weight excluding hydrogens is 492 g/mol. The molecule has 188 valence electrons. The molecule has 9 heteroatoms. The molecule has 1 heterocycles. The van der Waals surface area contributed by atoms with Gasteiger partial charge in [-0.05, 0) is 54.3 Å². The summed E-state index contributed by atoms with van der Waals surface area (Å²) in [5.74, 6) is 1.33. The summed E-state index contributed by atoms with van der Waals surface area (Å²) < 4.78 is 7.21. The molecule has 0 atom stereocenters. The Morgan fingerprint density at radius 3 is 2.68 bits per heavy atom. The molecule has 1 fully saturated rings. The maximum atomic E-state index is 13.3. The fraction of sp³-hybridized carbons (Fsp3) is 0.250. The molecule has 0 amide bonds. The van der Waals surface area contributed by atoms with Crippen molar-refractivity contribution in [2.45, 2.75) is 44.6 Å². The van der Waals surface area contributed by atoms with Crippen LogP contribution in [0.3, 0.4) is 0 Å². The Hall–Kier alpha value is -4.04. The summed E-state index contributed by atoms with van der Waals surface area (Å²) in [6, 6.07) is 18.8. The molecule has 0 spiro atoms. The smallest absolute Gasteiger partial charge is 0.282 e. The minimum Gasteiger partial charge on any atom is -0.487 e. The molecule has 0 N–H and O–H groups in total. The highest BCUT2D eigenvalue weighted by atomic mass is 35.5. The van der Waals surface area contributed by atoms with E-state index in [1.807, 2.05) is 18.2 Å². The predicted octanol–water partition coefficient (Wildman–Crippen LogP) is 6.47. The topological polar surface area (TPSA) is 99.6 Å². The van der Waals surface area contributed by atoms with Crippen molar-refractivity contribution < 1.29 is 9.66 Å². The highest BCUT2D eigenvalue weighted by molar-refractivity contribution is 6.32. The Morgan fingerprint density at radius 2 is 1.89 bits per heavy atom. The van der Waals surface area contributed by atoms with Crippen LogP contribution in [0.5, 0.6) is 5.75 Å². The highest BCUT2D eigenvalue weighted by Gasteiger charge is 2.22. The second kappa shape index (κ2) is 10.9. The van der Waals surface area contributed by atoms with E-state index in [0.29, 0.717) is 38.6 Å². The number of nitro groups is 1. The normalized spacial score (nSPS) is 14.3. The van der Waals surface area contributed by atoms with E-state index in [9.17, 15) is 14.9 Å². The molecule has 0 aliphatic heterocycles. The number of halogens is 1. The number of non-ortho nitro benzene ring substituents is 1. The van der Waals surface area contributed by atoms with Gasteiger partial charge in [0.1, 0.15) is 18.2 Å². The maximum absolute atomic E-state index is 13.3. The van der Waals surface area contributed by atoms with Crippen LogP contribution in [0.4, 0.5) is 5.69 Å². The number of hydrogen-bond donors (Lipinski definition) is 0. The first-order valence-corrected chi connectivity index (χ1v) is 12.6. The fourth-order valence-electron chi connectivity index (χ4n) is 4.64. The van der Waals surface area contributed by atoms with Crippen molar-refractivity contribution in [2.75, 3.05) is 0 Å². The summed E-state index contributed by atoms with van der Waals surface area (Å²) in [6.07, 6.45) is 7.01. The molecule has 0 radical (unpaired) electrons. The van der Waals surface area contributed by atoms with E-state index in [4.69, 9.17) is 21.3 Å². The molecule has 4 aromatic rings. The number of rotatable bonds is 7. The molecule has 1 aliphatic rings. The van der Waals surface area contributed by atoms with Crippen LogP contribution >= 0.6 is 11.6 Å². The quantitative estimate of drug-likeness (QED) is 0.159. The summed E-state index contributed by atoms with van der Waals surface area (Å²) in [6.45, 7) is 0.137. The van der Waals surface area contributed by atoms with Crippen molar-refractivity contribution >= 4 is 34.4 Å². The lowest BCUT2D eigenvalue weighted by Gasteiger charge is -2.22. The highest BCUT2D eigenvalue weighted by Crippen LogP contribution is 2.32. The third-order valence-corrected chi connectivity index (χ3v) is 6.84. The van der Waals surface area contributed by atoms with Gasteiger partial charge in [0.2, 0.25) is 0 Å². The van der Waals surface area contributed by atoms with Crippen molar-refractivity contribution in [2.24, 2.45) is 5.10 Å². The van der Waals surface area contributed by atoms with E-state index in [1.165, 1.54) is 23.2 Å². The van der Waals surface area contributed by atoms with Gasteiger partial charge in [-0.2, -0.15) is 9.78 Å². The summed E-state index contributed by atoms with van der Waals surface area (Å²) in [7, 11) is 0. The van der Waals surface area contributed by atoms with Gasteiger partial charge in [-0.25, -0.2) is 4.98 Å². The third-order valence-electron chi connectivity index (χ3n) is 6.54. The van der Waals surface area contributed by atoms with Crippen LogP contribution in [0, 0.1) is 10.1 Å². The first-order chi connectivity index (χ1) is 18.0. The number of para-hydroxylation sites is 1. The molecular formula is C28H25ClN4O4. The van der Waals surface area contributed by atoms with Gasteiger partial charge in [0.05, 0.1) is 27.1 Å². The van der Waals surface area contributed by atoms with Gasteiger partial charge < -0.3 is 4.74 Å². The van der Waals surface area contributed by atoms with E-state index in [-0.39, 0.29) is 23.8 Å². The van der Waals surface area contributed by atoms with Crippen LogP contribution < -0.4 is 10.3 Å². The van der Waals surface area contributed by atoms with Gasteiger partial charge in [0.25, 0.3) is 11.2 Å². The Morgan fingerprint density at radius 1 is 1.08 bits per heavy atom. The molecule has 1 aliphatic carbocycles. The zero-order valence-electron chi connectivity index (χ0n) is 20.0. The van der Waals surface area contributed by atoms with Crippen LogP contribution in [0.15, 0.2) is 76.6 Å². The van der Waals surface area contributed by atoms with Crippen LogP contribution in [-0.2, 0) is 6.61 Å². The Kier molecular flexibility index (Phi) is 7.28. The van der Waals surface area contributed by atoms with Crippen LogP contribution in [0.2, 0.25) is 5.02 Å². The zero-order chi connectivity index (χ0) is 25.8. The number of nitro benzene ring substituents is 1. The van der Waals surface area contributed by atoms with Crippen molar-refractivity contribution in [3.63, 3.8) is 0 Å². The second-order valence-corrected chi connectivity index (χ2v) is 9.50. The lowest BCUT2D eigenvalue weighted by atomic mass is 9.88. The molecule has 0 bridgehead atoms. The zero-order valence-corrected chi connectivity index (χ0v) is 20.8. The van der Waals surface area contributed by atoms with Gasteiger partial charge in [0, 0.05) is 18.1 Å². The first kappa shape index (κ1) is 24.6. The lowest BCUT2D eigenvalue weighted by molar-refractivity contribution is -0.384. The molecule has 0 unspecified atom stereocenters. The summed E-state index contributed by atoms with van der Waals surface area (Å²) >= 11 is 6.45. The van der Waals surface area contributed by atoms with Gasteiger partial charge in [-0.15, -0.1) is 0 Å². The SMILES string of the molecule is O=c1c2ccccc2nc(C2CCCCC2)n1N=Cc1ccc(OCc2cccc([N+](=O)[O-])c2)c(Cl)c1. The fourth-order valence-corrected chi connectivity index (χ4v) is 4.88. The number of nitrogens with zero attached hydrogens (tertiary/aromatic N) is 4. The first-order valence-electron chi connectivity index (χ1n) is 12.2. The molecule has 5 rings (SSSR count). The predicted molar refractivity (Wildman–Crippen MR) is 144 cm³/mol. The Labute approximate surface area is 218 Å². The summed E-state index contributed by atoms with van der Waals surface area (Å²) in [4.78, 5) is 28.7. The Balaban J connectivity index is 1.39. The molecule has 1 saturated carbocycles. The molecule has 8 nitrogen and oxygen atoms in total. The summed E-state index contributed by atoms with van der Waals surface area (Å²) in [5, 5.41) is 16.4. The largest absolute Gasteiger partial charge is 0.487 e. The van der Waals surface area contributed by atoms with Crippen LogP contribution in [0.1, 0.15) is 55.0 Å². The van der Waals surface area contributed by atoms with Gasteiger partial charge in [-0.1, -0.05) is 55.1 Å². The lowest BCUT2D eigenvalue weighted by Crippen LogP contribution is -2.25. The Bertz CT molecular complexity index is 1540. The summed E-state index contributed by atoms with van der Waals surface area (Å²) in [5.41, 5.74) is 1.86. The van der Waals surface area contributed by atoms with Crippen LogP contribution in [0.25, 0.3) is 10.9 Å². The van der Waals surface area contributed by atoms with Crippen molar-refractivity contribution in [1.29, 1.82) is 0 Å². The second-order valence-electron chi connectivity index (χ2n) is 9.09. The average molecular weight is 517 g/mol. The van der Waals surface area contributed by atoms with E-state index < -0.39 is 4.92 Å². The van der Waals surface area contributed by atoms with Gasteiger partial charge >= 0.3 is 0 Å². The molecule has 1 aromatic heterocycles. The van der Waals surface area contributed by atoms with E-state index in [0.717, 1.165) is 25.7 Å². The van der Waals surface area contributed by atoms with Crippen LogP contribution in [-0.4, -0.2) is 20.8 Å². The van der Waals surface area contributed by atoms with Crippen molar-refractivity contribution in [3.8, 4) is 5.75 Å². The molecule has 37 heavy (non-hydrogen) atoms. The molecule has 0 saturated heterocycles. The molecule has 3 aromatic carbocycles. The number of ether oxygens (including phenoxy) is 1. The average Bonchev–Trinajstić information content (AvgIpc) is 2.92. The number of benzene rings is 3. The van der Waals surface area contributed by atoms with E-state index >= 15 is 0 Å². The van der Waals surface area contributed by atoms with E-state index in [1.54, 1.807) is 42.6 Å². The van der Waals surface area contributed by atoms with Crippen molar-refractivity contribution in [1.82, 2.24) is 9.66 Å².